The van der Waals surface area contributed by atoms with Crippen molar-refractivity contribution in [1.82, 2.24) is 9.88 Å². The van der Waals surface area contributed by atoms with E-state index in [9.17, 15) is 4.79 Å². The summed E-state index contributed by atoms with van der Waals surface area (Å²) < 4.78 is 21.8. The Labute approximate surface area is 161 Å². The van der Waals surface area contributed by atoms with Crippen LogP contribution >= 0.6 is 0 Å². The molecule has 2 aliphatic heterocycles. The molecule has 0 fully saturated rings. The van der Waals surface area contributed by atoms with Gasteiger partial charge in [0, 0.05) is 17.5 Å². The van der Waals surface area contributed by atoms with Crippen LogP contribution in [0.25, 0.3) is 10.9 Å². The quantitative estimate of drug-likeness (QED) is 0.686. The summed E-state index contributed by atoms with van der Waals surface area (Å²) in [4.78, 5) is 18.6. The Hall–Kier alpha value is -3.48. The minimum atomic E-state index is -0.414. The van der Waals surface area contributed by atoms with Crippen LogP contribution in [0.2, 0.25) is 0 Å². The number of hydrogen-bond donors (Lipinski definition) is 0. The van der Waals surface area contributed by atoms with E-state index >= 15 is 0 Å². The van der Waals surface area contributed by atoms with Gasteiger partial charge in [0.1, 0.15) is 5.75 Å². The molecule has 7 heteroatoms. The molecule has 3 aromatic rings. The maximum atomic E-state index is 12.5. The van der Waals surface area contributed by atoms with Crippen LogP contribution in [0.5, 0.6) is 23.1 Å². The van der Waals surface area contributed by atoms with Crippen LogP contribution in [0.15, 0.2) is 42.5 Å². The SMILES string of the molecule is CCOc1ccc2nc3c(cc2c1)CN(Cc1ccc2c(c1)OCO2)C(=O)O3. The Bertz CT molecular complexity index is 1080. The molecule has 0 spiro atoms. The van der Waals surface area contributed by atoms with Crippen molar-refractivity contribution in [2.24, 2.45) is 0 Å². The molecule has 0 saturated heterocycles. The highest BCUT2D eigenvalue weighted by atomic mass is 16.7. The molecule has 0 aliphatic carbocycles. The molecule has 0 N–H and O–H groups in total. The van der Waals surface area contributed by atoms with Gasteiger partial charge in [-0.05, 0) is 48.9 Å². The van der Waals surface area contributed by atoms with Crippen LogP contribution in [0.1, 0.15) is 18.1 Å². The summed E-state index contributed by atoms with van der Waals surface area (Å²) in [6.45, 7) is 3.60. The molecule has 0 radical (unpaired) electrons. The highest BCUT2D eigenvalue weighted by Crippen LogP contribution is 2.34. The van der Waals surface area contributed by atoms with Crippen LogP contribution in [0, 0.1) is 0 Å². The molecule has 0 unspecified atom stereocenters. The van der Waals surface area contributed by atoms with Gasteiger partial charge in [-0.1, -0.05) is 6.07 Å². The zero-order valence-electron chi connectivity index (χ0n) is 15.3. The van der Waals surface area contributed by atoms with Crippen LogP contribution < -0.4 is 18.9 Å². The van der Waals surface area contributed by atoms with Crippen molar-refractivity contribution in [3.63, 3.8) is 0 Å². The normalized spacial score (nSPS) is 14.8. The summed E-state index contributed by atoms with van der Waals surface area (Å²) in [5.74, 6) is 2.57. The van der Waals surface area contributed by atoms with E-state index in [1.54, 1.807) is 4.90 Å². The number of carbonyl (C=O) groups is 1. The van der Waals surface area contributed by atoms with E-state index in [2.05, 4.69) is 4.98 Å². The lowest BCUT2D eigenvalue weighted by atomic mass is 10.1. The number of nitrogens with zero attached hydrogens (tertiary/aromatic N) is 2. The van der Waals surface area contributed by atoms with Gasteiger partial charge in [-0.15, -0.1) is 0 Å². The first-order valence-electron chi connectivity index (χ1n) is 9.11. The lowest BCUT2D eigenvalue weighted by Crippen LogP contribution is -2.36. The molecule has 142 valence electrons. The fraction of sp³-hybridized carbons (Fsp3) is 0.238. The van der Waals surface area contributed by atoms with Crippen LogP contribution in [0.3, 0.4) is 0 Å². The number of amides is 1. The van der Waals surface area contributed by atoms with E-state index in [-0.39, 0.29) is 6.79 Å². The molecule has 0 saturated carbocycles. The van der Waals surface area contributed by atoms with Gasteiger partial charge < -0.3 is 18.9 Å². The third-order valence-corrected chi connectivity index (χ3v) is 4.75. The summed E-state index contributed by atoms with van der Waals surface area (Å²) in [6, 6.07) is 13.3. The van der Waals surface area contributed by atoms with Gasteiger partial charge in [0.15, 0.2) is 11.5 Å². The van der Waals surface area contributed by atoms with Gasteiger partial charge in [-0.25, -0.2) is 9.78 Å². The first-order chi connectivity index (χ1) is 13.7. The Morgan fingerprint density at radius 3 is 2.89 bits per heavy atom. The van der Waals surface area contributed by atoms with Crippen molar-refractivity contribution < 1.29 is 23.7 Å². The third-order valence-electron chi connectivity index (χ3n) is 4.75. The van der Waals surface area contributed by atoms with Crippen molar-refractivity contribution in [1.29, 1.82) is 0 Å². The Morgan fingerprint density at radius 2 is 2.00 bits per heavy atom. The second-order valence-corrected chi connectivity index (χ2v) is 6.65. The van der Waals surface area contributed by atoms with Crippen LogP contribution in [0.4, 0.5) is 4.79 Å². The van der Waals surface area contributed by atoms with E-state index in [0.717, 1.165) is 33.5 Å². The van der Waals surface area contributed by atoms with Gasteiger partial charge in [0.05, 0.1) is 18.7 Å². The topological polar surface area (TPSA) is 70.1 Å². The highest BCUT2D eigenvalue weighted by molar-refractivity contribution is 5.83. The Kier molecular flexibility index (Phi) is 3.93. The van der Waals surface area contributed by atoms with Crippen molar-refractivity contribution in [3.05, 3.63) is 53.6 Å². The maximum Gasteiger partial charge on any atom is 0.417 e. The number of fused-ring (bicyclic) bond motifs is 3. The molecular formula is C21H18N2O5. The summed E-state index contributed by atoms with van der Waals surface area (Å²) in [6.07, 6.45) is -0.414. The monoisotopic (exact) mass is 378 g/mol. The predicted molar refractivity (Wildman–Crippen MR) is 101 cm³/mol. The average Bonchev–Trinajstić information content (AvgIpc) is 3.15. The summed E-state index contributed by atoms with van der Waals surface area (Å²) in [5.41, 5.74) is 2.57. The van der Waals surface area contributed by atoms with Crippen LogP contribution in [-0.4, -0.2) is 29.4 Å². The van der Waals surface area contributed by atoms with Gasteiger partial charge in [0.2, 0.25) is 12.7 Å². The molecule has 0 atom stereocenters. The summed E-state index contributed by atoms with van der Waals surface area (Å²) in [7, 11) is 0. The number of benzene rings is 2. The third kappa shape index (κ3) is 2.94. The second-order valence-electron chi connectivity index (χ2n) is 6.65. The fourth-order valence-corrected chi connectivity index (χ4v) is 3.44. The number of ether oxygens (including phenoxy) is 4. The average molecular weight is 378 g/mol. The van der Waals surface area contributed by atoms with Crippen molar-refractivity contribution in [3.8, 4) is 23.1 Å². The lowest BCUT2D eigenvalue weighted by Gasteiger charge is -2.27. The molecule has 2 aromatic carbocycles. The maximum absolute atomic E-state index is 12.5. The number of pyridine rings is 1. The summed E-state index contributed by atoms with van der Waals surface area (Å²) >= 11 is 0. The molecule has 1 aromatic heterocycles. The molecule has 7 nitrogen and oxygen atoms in total. The standard InChI is InChI=1S/C21H18N2O5/c1-2-25-16-4-5-17-14(9-16)8-15-11-23(21(24)28-20(15)22-17)10-13-3-6-18-19(7-13)27-12-26-18/h3-9H,2,10-12H2,1H3. The zero-order chi connectivity index (χ0) is 19.1. The van der Waals surface area contributed by atoms with Crippen molar-refractivity contribution >= 4 is 17.0 Å². The van der Waals surface area contributed by atoms with E-state index in [0.29, 0.717) is 31.3 Å². The van der Waals surface area contributed by atoms with Crippen LogP contribution in [-0.2, 0) is 13.1 Å². The minimum Gasteiger partial charge on any atom is -0.494 e. The Morgan fingerprint density at radius 1 is 1.11 bits per heavy atom. The second kappa shape index (κ2) is 6.60. The largest absolute Gasteiger partial charge is 0.494 e. The molecule has 5 rings (SSSR count). The van der Waals surface area contributed by atoms with Gasteiger partial charge in [-0.3, -0.25) is 4.90 Å². The minimum absolute atomic E-state index is 0.223. The highest BCUT2D eigenvalue weighted by Gasteiger charge is 2.27. The predicted octanol–water partition coefficient (Wildman–Crippen LogP) is 3.88. The van der Waals surface area contributed by atoms with E-state index in [4.69, 9.17) is 18.9 Å². The van der Waals surface area contributed by atoms with Gasteiger partial charge in [-0.2, -0.15) is 0 Å². The molecule has 0 bridgehead atoms. The summed E-state index contributed by atoms with van der Waals surface area (Å²) in [5, 5.41) is 0.950. The van der Waals surface area contributed by atoms with E-state index < -0.39 is 6.09 Å². The molecular weight excluding hydrogens is 360 g/mol. The molecule has 3 heterocycles. The zero-order valence-corrected chi connectivity index (χ0v) is 15.3. The first kappa shape index (κ1) is 16.7. The molecule has 28 heavy (non-hydrogen) atoms. The number of aromatic nitrogens is 1. The molecule has 2 aliphatic rings. The van der Waals surface area contributed by atoms with E-state index in [1.165, 1.54) is 0 Å². The molecule has 1 amide bonds. The lowest BCUT2D eigenvalue weighted by molar-refractivity contribution is 0.133. The smallest absolute Gasteiger partial charge is 0.417 e. The van der Waals surface area contributed by atoms with Gasteiger partial charge in [0.25, 0.3) is 0 Å². The van der Waals surface area contributed by atoms with E-state index in [1.807, 2.05) is 49.4 Å². The number of rotatable bonds is 4. The number of hydrogen-bond acceptors (Lipinski definition) is 6. The van der Waals surface area contributed by atoms with Gasteiger partial charge >= 0.3 is 6.09 Å². The fourth-order valence-electron chi connectivity index (χ4n) is 3.44. The first-order valence-corrected chi connectivity index (χ1v) is 9.11. The van der Waals surface area contributed by atoms with Crippen molar-refractivity contribution in [2.45, 2.75) is 20.0 Å². The number of carbonyl (C=O) groups excluding carboxylic acids is 1. The van der Waals surface area contributed by atoms with Crippen molar-refractivity contribution in [2.75, 3.05) is 13.4 Å². The Balaban J connectivity index is 1.42.